The lowest BCUT2D eigenvalue weighted by molar-refractivity contribution is -0.151. The van der Waals surface area contributed by atoms with Crippen molar-refractivity contribution in [2.75, 3.05) is 19.7 Å². The minimum Gasteiger partial charge on any atom is -0.466 e. The van der Waals surface area contributed by atoms with Crippen molar-refractivity contribution in [2.45, 2.75) is 63.3 Å². The highest BCUT2D eigenvalue weighted by atomic mass is 32.2. The molecule has 8 heteroatoms. The summed E-state index contributed by atoms with van der Waals surface area (Å²) in [6.45, 7) is 11.4. The minimum atomic E-state index is -0.261. The van der Waals surface area contributed by atoms with Crippen LogP contribution >= 0.6 is 11.8 Å². The molecule has 1 aliphatic rings. The van der Waals surface area contributed by atoms with Crippen LogP contribution in [-0.4, -0.2) is 56.9 Å². The summed E-state index contributed by atoms with van der Waals surface area (Å²) in [6, 6.07) is 0. The van der Waals surface area contributed by atoms with E-state index in [1.54, 1.807) is 0 Å². The van der Waals surface area contributed by atoms with E-state index in [4.69, 9.17) is 4.74 Å². The molecule has 25 heavy (non-hydrogen) atoms. The smallest absolute Gasteiger partial charge is 0.309 e. The Kier molecular flexibility index (Phi) is 6.48. The molecule has 0 saturated carbocycles. The summed E-state index contributed by atoms with van der Waals surface area (Å²) in [5.74, 6) is 0.640. The van der Waals surface area contributed by atoms with E-state index >= 15 is 0 Å². The summed E-state index contributed by atoms with van der Waals surface area (Å²) in [7, 11) is 0. The molecule has 0 aliphatic carbocycles. The molecular formula is C17H28N4O3S. The largest absolute Gasteiger partial charge is 0.466 e. The van der Waals surface area contributed by atoms with E-state index < -0.39 is 0 Å². The number of esters is 1. The van der Waals surface area contributed by atoms with Crippen LogP contribution in [0.25, 0.3) is 0 Å². The molecule has 2 heterocycles. The van der Waals surface area contributed by atoms with E-state index in [-0.39, 0.29) is 28.5 Å². The number of hydrogen-bond acceptors (Lipinski definition) is 6. The average molecular weight is 369 g/mol. The first-order valence-corrected chi connectivity index (χ1v) is 9.65. The zero-order valence-electron chi connectivity index (χ0n) is 15.7. The maximum absolute atomic E-state index is 12.6. The lowest BCUT2D eigenvalue weighted by Crippen LogP contribution is -2.43. The van der Waals surface area contributed by atoms with E-state index in [0.717, 1.165) is 5.82 Å². The van der Waals surface area contributed by atoms with E-state index in [1.807, 2.05) is 18.7 Å². The van der Waals surface area contributed by atoms with E-state index in [1.165, 1.54) is 11.8 Å². The Morgan fingerprint density at radius 3 is 2.52 bits per heavy atom. The number of aromatic nitrogens is 3. The van der Waals surface area contributed by atoms with Crippen molar-refractivity contribution in [3.8, 4) is 0 Å². The summed E-state index contributed by atoms with van der Waals surface area (Å²) >= 11 is 1.36. The molecule has 1 aromatic heterocycles. The predicted molar refractivity (Wildman–Crippen MR) is 96.3 cm³/mol. The number of aromatic amines is 1. The highest BCUT2D eigenvalue weighted by Gasteiger charge is 2.31. The van der Waals surface area contributed by atoms with Gasteiger partial charge in [0, 0.05) is 18.5 Å². The summed E-state index contributed by atoms with van der Waals surface area (Å²) in [5, 5.41) is 7.47. The van der Waals surface area contributed by atoms with Gasteiger partial charge in [-0.2, -0.15) is 0 Å². The van der Waals surface area contributed by atoms with E-state index in [9.17, 15) is 9.59 Å². The van der Waals surface area contributed by atoms with Crippen LogP contribution in [0.5, 0.6) is 0 Å². The normalized spacial score (nSPS) is 17.4. The van der Waals surface area contributed by atoms with Gasteiger partial charge in [-0.3, -0.25) is 14.7 Å². The van der Waals surface area contributed by atoms with E-state index in [0.29, 0.717) is 37.7 Å². The molecular weight excluding hydrogens is 340 g/mol. The third kappa shape index (κ3) is 5.20. The highest BCUT2D eigenvalue weighted by molar-refractivity contribution is 8.00. The SMILES string of the molecule is CCOC(=O)C1CCN(C(=O)[C@@H](C)Sc2n[nH]c(C(C)(C)C)n2)CC1. The zero-order chi connectivity index (χ0) is 18.6. The van der Waals surface area contributed by atoms with Crippen LogP contribution in [0.15, 0.2) is 5.16 Å². The minimum absolute atomic E-state index is 0.0643. The maximum Gasteiger partial charge on any atom is 0.309 e. The molecule has 0 aromatic carbocycles. The average Bonchev–Trinajstić information content (AvgIpc) is 3.03. The molecule has 140 valence electrons. The van der Waals surface area contributed by atoms with Gasteiger partial charge in [-0.1, -0.05) is 32.5 Å². The third-order valence-corrected chi connectivity index (χ3v) is 5.18. The van der Waals surface area contributed by atoms with Gasteiger partial charge < -0.3 is 9.64 Å². The summed E-state index contributed by atoms with van der Waals surface area (Å²) in [6.07, 6.45) is 1.33. The molecule has 1 aromatic rings. The van der Waals surface area contributed by atoms with Crippen LogP contribution in [-0.2, 0) is 19.7 Å². The van der Waals surface area contributed by atoms with Gasteiger partial charge in [0.1, 0.15) is 5.82 Å². The Labute approximate surface area is 153 Å². The highest BCUT2D eigenvalue weighted by Crippen LogP contribution is 2.26. The van der Waals surface area contributed by atoms with Crippen LogP contribution in [0.2, 0.25) is 0 Å². The van der Waals surface area contributed by atoms with Crippen molar-refractivity contribution in [3.63, 3.8) is 0 Å². The summed E-state index contributed by atoms with van der Waals surface area (Å²) in [5.41, 5.74) is -0.103. The fourth-order valence-corrected chi connectivity index (χ4v) is 3.50. The van der Waals surface area contributed by atoms with Crippen molar-refractivity contribution in [1.29, 1.82) is 0 Å². The quantitative estimate of drug-likeness (QED) is 0.634. The molecule has 0 bridgehead atoms. The van der Waals surface area contributed by atoms with Gasteiger partial charge in [-0.15, -0.1) is 5.10 Å². The first kappa shape index (κ1) is 19.8. The Bertz CT molecular complexity index is 603. The van der Waals surface area contributed by atoms with E-state index in [2.05, 4.69) is 36.0 Å². The fraction of sp³-hybridized carbons (Fsp3) is 0.765. The molecule has 1 amide bonds. The van der Waals surface area contributed by atoms with Crippen LogP contribution in [0.4, 0.5) is 0 Å². The van der Waals surface area contributed by atoms with Gasteiger partial charge in [-0.25, -0.2) is 4.98 Å². The second-order valence-electron chi connectivity index (χ2n) is 7.33. The van der Waals surface area contributed by atoms with Gasteiger partial charge in [0.15, 0.2) is 0 Å². The first-order chi connectivity index (χ1) is 11.7. The van der Waals surface area contributed by atoms with Gasteiger partial charge >= 0.3 is 5.97 Å². The summed E-state index contributed by atoms with van der Waals surface area (Å²) < 4.78 is 5.07. The Balaban J connectivity index is 1.86. The van der Waals surface area contributed by atoms with Gasteiger partial charge in [-0.05, 0) is 26.7 Å². The molecule has 1 fully saturated rings. The Morgan fingerprint density at radius 2 is 2.00 bits per heavy atom. The number of ether oxygens (including phenoxy) is 1. The molecule has 0 unspecified atom stereocenters. The monoisotopic (exact) mass is 368 g/mol. The number of carbonyl (C=O) groups excluding carboxylic acids is 2. The first-order valence-electron chi connectivity index (χ1n) is 8.77. The molecule has 1 atom stereocenters. The topological polar surface area (TPSA) is 88.2 Å². The van der Waals surface area contributed by atoms with Crippen LogP contribution in [0.1, 0.15) is 53.3 Å². The third-order valence-electron chi connectivity index (χ3n) is 4.23. The molecule has 0 radical (unpaired) electrons. The van der Waals surface area contributed by atoms with Crippen molar-refractivity contribution in [2.24, 2.45) is 5.92 Å². The Morgan fingerprint density at radius 1 is 1.36 bits per heavy atom. The fourth-order valence-electron chi connectivity index (χ4n) is 2.70. The maximum atomic E-state index is 12.6. The number of amides is 1. The standard InChI is InChI=1S/C17H28N4O3S/c1-6-24-14(23)12-7-9-21(10-8-12)13(22)11(2)25-16-18-15(19-20-16)17(3,4)5/h11-12H,6-10H2,1-5H3,(H,18,19,20)/t11-/m1/s1. The second-order valence-corrected chi connectivity index (χ2v) is 8.64. The lowest BCUT2D eigenvalue weighted by atomic mass is 9.96. The Hall–Kier alpha value is -1.57. The molecule has 1 saturated heterocycles. The number of piperidine rings is 1. The number of H-pyrrole nitrogens is 1. The van der Waals surface area contributed by atoms with Crippen molar-refractivity contribution in [1.82, 2.24) is 20.1 Å². The number of thioether (sulfide) groups is 1. The van der Waals surface area contributed by atoms with Crippen molar-refractivity contribution >= 4 is 23.6 Å². The van der Waals surface area contributed by atoms with Crippen LogP contribution in [0, 0.1) is 5.92 Å². The zero-order valence-corrected chi connectivity index (χ0v) is 16.5. The summed E-state index contributed by atoms with van der Waals surface area (Å²) in [4.78, 5) is 30.7. The lowest BCUT2D eigenvalue weighted by Gasteiger charge is -2.32. The van der Waals surface area contributed by atoms with Gasteiger partial charge in [0.05, 0.1) is 17.8 Å². The number of carbonyl (C=O) groups is 2. The van der Waals surface area contributed by atoms with Crippen LogP contribution in [0.3, 0.4) is 0 Å². The number of likely N-dealkylation sites (tertiary alicyclic amines) is 1. The van der Waals surface area contributed by atoms with Crippen molar-refractivity contribution < 1.29 is 14.3 Å². The number of hydrogen-bond donors (Lipinski definition) is 1. The number of nitrogens with one attached hydrogen (secondary N) is 1. The van der Waals surface area contributed by atoms with Crippen molar-refractivity contribution in [3.05, 3.63) is 5.82 Å². The molecule has 2 rings (SSSR count). The molecule has 7 nitrogen and oxygen atoms in total. The number of rotatable bonds is 5. The predicted octanol–water partition coefficient (Wildman–Crippen LogP) is 2.38. The molecule has 1 aliphatic heterocycles. The number of nitrogens with zero attached hydrogens (tertiary/aromatic N) is 3. The molecule has 1 N–H and O–H groups in total. The molecule has 0 spiro atoms. The second kappa shape index (κ2) is 8.21. The van der Waals surface area contributed by atoms with Crippen LogP contribution < -0.4 is 0 Å². The van der Waals surface area contributed by atoms with Gasteiger partial charge in [0.2, 0.25) is 11.1 Å². The van der Waals surface area contributed by atoms with Gasteiger partial charge in [0.25, 0.3) is 0 Å².